The zero-order chi connectivity index (χ0) is 15.4. The van der Waals surface area contributed by atoms with E-state index in [2.05, 4.69) is 5.32 Å². The molecule has 0 aromatic heterocycles. The van der Waals surface area contributed by atoms with Crippen LogP contribution in [0.25, 0.3) is 0 Å². The molecule has 0 saturated carbocycles. The molecule has 2 aromatic carbocycles. The molecule has 0 spiro atoms. The van der Waals surface area contributed by atoms with Gasteiger partial charge in [-0.15, -0.1) is 0 Å². The summed E-state index contributed by atoms with van der Waals surface area (Å²) in [5.41, 5.74) is 7.18. The number of carbonyl (C=O) groups is 1. The van der Waals surface area contributed by atoms with Gasteiger partial charge in [0, 0.05) is 17.8 Å². The molecular formula is C16H17FN2O2. The van der Waals surface area contributed by atoms with Crippen LogP contribution in [0.3, 0.4) is 0 Å². The second-order valence-corrected chi connectivity index (χ2v) is 4.68. The topological polar surface area (TPSA) is 64.3 Å². The third kappa shape index (κ3) is 3.38. The van der Waals surface area contributed by atoms with Crippen LogP contribution in [0.15, 0.2) is 42.5 Å². The number of anilines is 1. The van der Waals surface area contributed by atoms with Crippen LogP contribution in [0, 0.1) is 5.82 Å². The summed E-state index contributed by atoms with van der Waals surface area (Å²) in [6, 6.07) is 11.0. The number of nitrogens with two attached hydrogens (primary N) is 1. The van der Waals surface area contributed by atoms with Gasteiger partial charge in [-0.05, 0) is 30.7 Å². The van der Waals surface area contributed by atoms with Crippen LogP contribution < -0.4 is 15.8 Å². The van der Waals surface area contributed by atoms with Gasteiger partial charge in [0.25, 0.3) is 5.91 Å². The van der Waals surface area contributed by atoms with E-state index in [1.165, 1.54) is 25.3 Å². The van der Waals surface area contributed by atoms with E-state index >= 15 is 0 Å². The van der Waals surface area contributed by atoms with Gasteiger partial charge < -0.3 is 15.8 Å². The van der Waals surface area contributed by atoms with Crippen molar-refractivity contribution in [2.75, 3.05) is 12.4 Å². The highest BCUT2D eigenvalue weighted by molar-refractivity contribution is 6.05. The fourth-order valence-corrected chi connectivity index (χ4v) is 2.00. The third-order valence-corrected chi connectivity index (χ3v) is 3.12. The zero-order valence-corrected chi connectivity index (χ0v) is 11.9. The molecule has 110 valence electrons. The molecule has 0 aliphatic carbocycles. The number of ether oxygens (including phenoxy) is 1. The molecule has 0 heterocycles. The number of methoxy groups -OCH3 is 1. The number of amides is 1. The molecule has 2 rings (SSSR count). The average Bonchev–Trinajstić information content (AvgIpc) is 2.47. The number of para-hydroxylation sites is 1. The predicted octanol–water partition coefficient (Wildman–Crippen LogP) is 3.11. The van der Waals surface area contributed by atoms with Gasteiger partial charge in [-0.2, -0.15) is 0 Å². The van der Waals surface area contributed by atoms with E-state index < -0.39 is 11.7 Å². The van der Waals surface area contributed by atoms with Crippen molar-refractivity contribution in [3.05, 3.63) is 59.4 Å². The van der Waals surface area contributed by atoms with Gasteiger partial charge in [0.15, 0.2) is 0 Å². The molecule has 4 nitrogen and oxygen atoms in total. The summed E-state index contributed by atoms with van der Waals surface area (Å²) < 4.78 is 18.8. The molecule has 0 bridgehead atoms. The lowest BCUT2D eigenvalue weighted by molar-refractivity contribution is 0.102. The van der Waals surface area contributed by atoms with Crippen molar-refractivity contribution >= 4 is 11.6 Å². The van der Waals surface area contributed by atoms with Crippen molar-refractivity contribution in [2.45, 2.75) is 13.0 Å². The van der Waals surface area contributed by atoms with Gasteiger partial charge in [-0.25, -0.2) is 4.39 Å². The van der Waals surface area contributed by atoms with E-state index in [0.717, 1.165) is 5.56 Å². The Kier molecular flexibility index (Phi) is 4.55. The Morgan fingerprint density at radius 3 is 2.62 bits per heavy atom. The first-order chi connectivity index (χ1) is 10.0. The molecule has 0 radical (unpaired) electrons. The Morgan fingerprint density at radius 2 is 2.00 bits per heavy atom. The Bertz CT molecular complexity index is 656. The summed E-state index contributed by atoms with van der Waals surface area (Å²) in [6.07, 6.45) is 0. The highest BCUT2D eigenvalue weighted by atomic mass is 19.1. The summed E-state index contributed by atoms with van der Waals surface area (Å²) in [7, 11) is 1.44. The standard InChI is InChI=1S/C16H17FN2O2/c1-10(18)12-5-3-4-6-15(12)19-16(20)13-8-7-11(21-2)9-14(13)17/h3-10H,18H2,1-2H3,(H,19,20). The fraction of sp³-hybridized carbons (Fsp3) is 0.188. The molecule has 0 fully saturated rings. The molecule has 0 aliphatic rings. The first-order valence-corrected chi connectivity index (χ1v) is 6.52. The maximum atomic E-state index is 13.9. The Balaban J connectivity index is 2.26. The maximum Gasteiger partial charge on any atom is 0.258 e. The number of halogens is 1. The van der Waals surface area contributed by atoms with E-state index in [-0.39, 0.29) is 11.6 Å². The van der Waals surface area contributed by atoms with E-state index in [1.54, 1.807) is 12.1 Å². The molecule has 1 unspecified atom stereocenters. The van der Waals surface area contributed by atoms with Crippen LogP contribution >= 0.6 is 0 Å². The maximum absolute atomic E-state index is 13.9. The molecular weight excluding hydrogens is 271 g/mol. The van der Waals surface area contributed by atoms with Gasteiger partial charge in [-0.1, -0.05) is 18.2 Å². The third-order valence-electron chi connectivity index (χ3n) is 3.12. The second kappa shape index (κ2) is 6.37. The monoisotopic (exact) mass is 288 g/mol. The second-order valence-electron chi connectivity index (χ2n) is 4.68. The molecule has 0 aliphatic heterocycles. The Hall–Kier alpha value is -2.40. The summed E-state index contributed by atoms with van der Waals surface area (Å²) in [5, 5.41) is 2.69. The van der Waals surface area contributed by atoms with Crippen molar-refractivity contribution < 1.29 is 13.9 Å². The number of rotatable bonds is 4. The van der Waals surface area contributed by atoms with Crippen LogP contribution in [-0.2, 0) is 0 Å². The van der Waals surface area contributed by atoms with Gasteiger partial charge in [0.2, 0.25) is 0 Å². The van der Waals surface area contributed by atoms with Crippen LogP contribution in [-0.4, -0.2) is 13.0 Å². The Morgan fingerprint density at radius 1 is 1.29 bits per heavy atom. The van der Waals surface area contributed by atoms with Crippen molar-refractivity contribution in [1.82, 2.24) is 0 Å². The SMILES string of the molecule is COc1ccc(C(=O)Nc2ccccc2C(C)N)c(F)c1. The zero-order valence-electron chi connectivity index (χ0n) is 11.9. The van der Waals surface area contributed by atoms with Gasteiger partial charge in [-0.3, -0.25) is 4.79 Å². The average molecular weight is 288 g/mol. The smallest absolute Gasteiger partial charge is 0.258 e. The minimum Gasteiger partial charge on any atom is -0.497 e. The number of carbonyl (C=O) groups excluding carboxylic acids is 1. The lowest BCUT2D eigenvalue weighted by Gasteiger charge is -2.14. The molecule has 1 atom stereocenters. The molecule has 1 amide bonds. The van der Waals surface area contributed by atoms with Crippen LogP contribution in [0.2, 0.25) is 0 Å². The van der Waals surface area contributed by atoms with E-state index in [0.29, 0.717) is 11.4 Å². The normalized spacial score (nSPS) is 11.8. The summed E-state index contributed by atoms with van der Waals surface area (Å²) in [5.74, 6) is -0.798. The lowest BCUT2D eigenvalue weighted by atomic mass is 10.1. The quantitative estimate of drug-likeness (QED) is 0.908. The Labute approximate surface area is 122 Å². The number of benzene rings is 2. The van der Waals surface area contributed by atoms with Crippen LogP contribution in [0.5, 0.6) is 5.75 Å². The van der Waals surface area contributed by atoms with Gasteiger partial charge >= 0.3 is 0 Å². The summed E-state index contributed by atoms with van der Waals surface area (Å²) in [6.45, 7) is 1.82. The fourth-order valence-electron chi connectivity index (χ4n) is 2.00. The lowest BCUT2D eigenvalue weighted by Crippen LogP contribution is -2.17. The van der Waals surface area contributed by atoms with Crippen molar-refractivity contribution in [3.63, 3.8) is 0 Å². The number of nitrogens with one attached hydrogen (secondary N) is 1. The molecule has 0 saturated heterocycles. The van der Waals surface area contributed by atoms with Crippen molar-refractivity contribution in [1.29, 1.82) is 0 Å². The van der Waals surface area contributed by atoms with Crippen molar-refractivity contribution in [3.8, 4) is 5.75 Å². The number of hydrogen-bond donors (Lipinski definition) is 2. The van der Waals surface area contributed by atoms with E-state index in [4.69, 9.17) is 10.5 Å². The number of hydrogen-bond acceptors (Lipinski definition) is 3. The van der Waals surface area contributed by atoms with E-state index in [1.807, 2.05) is 19.1 Å². The van der Waals surface area contributed by atoms with Crippen LogP contribution in [0.1, 0.15) is 28.9 Å². The molecule has 3 N–H and O–H groups in total. The largest absolute Gasteiger partial charge is 0.497 e. The van der Waals surface area contributed by atoms with Crippen molar-refractivity contribution in [2.24, 2.45) is 5.73 Å². The minimum atomic E-state index is -0.634. The first-order valence-electron chi connectivity index (χ1n) is 6.52. The van der Waals surface area contributed by atoms with E-state index in [9.17, 15) is 9.18 Å². The molecule has 5 heteroatoms. The molecule has 21 heavy (non-hydrogen) atoms. The molecule has 2 aromatic rings. The summed E-state index contributed by atoms with van der Waals surface area (Å²) >= 11 is 0. The first kappa shape index (κ1) is 15.0. The van der Waals surface area contributed by atoms with Gasteiger partial charge in [0.05, 0.1) is 12.7 Å². The predicted molar refractivity (Wildman–Crippen MR) is 79.9 cm³/mol. The van der Waals surface area contributed by atoms with Crippen LogP contribution in [0.4, 0.5) is 10.1 Å². The van der Waals surface area contributed by atoms with Gasteiger partial charge in [0.1, 0.15) is 11.6 Å². The highest BCUT2D eigenvalue weighted by Gasteiger charge is 2.15. The highest BCUT2D eigenvalue weighted by Crippen LogP contribution is 2.23. The minimum absolute atomic E-state index is 0.0460. The summed E-state index contributed by atoms with van der Waals surface area (Å²) in [4.78, 5) is 12.2.